The summed E-state index contributed by atoms with van der Waals surface area (Å²) in [5.74, 6) is -0.859. The molecule has 2 N–H and O–H groups in total. The maximum Gasteiger partial charge on any atom is 0.428 e. The first-order valence-electron chi connectivity index (χ1n) is 11.3. The molecule has 1 heterocycles. The number of amides is 2. The fraction of sp³-hybridized carbons (Fsp3) is 0.417. The molecule has 2 aromatic rings. The van der Waals surface area contributed by atoms with Crippen LogP contribution in [0.25, 0.3) is 0 Å². The lowest BCUT2D eigenvalue weighted by Gasteiger charge is -2.40. The topological polar surface area (TPSA) is 79.1 Å². The van der Waals surface area contributed by atoms with E-state index in [9.17, 15) is 40.3 Å². The second-order valence-corrected chi connectivity index (χ2v) is 8.83. The number of alkyl halides is 6. The van der Waals surface area contributed by atoms with Crippen molar-refractivity contribution in [3.05, 3.63) is 70.0 Å². The highest BCUT2D eigenvalue weighted by atomic mass is 35.5. The third-order valence-corrected chi connectivity index (χ3v) is 6.02. The predicted octanol–water partition coefficient (Wildman–Crippen LogP) is 4.92. The van der Waals surface area contributed by atoms with Crippen LogP contribution in [0, 0.1) is 12.7 Å². The van der Waals surface area contributed by atoms with E-state index in [1.54, 1.807) is 6.92 Å². The Hall–Kier alpha value is -3.10. The van der Waals surface area contributed by atoms with E-state index in [4.69, 9.17) is 10.6 Å². The lowest BCUT2D eigenvalue weighted by atomic mass is 9.99. The standard InChI is InChI=1S/C24H25F7N4O3.ClH/c1-14-7-18(25)3-4-19(14)20-13-34(21(36)11-32)5-6-35(20)38-22(37)33(2)12-15-8-16(23(26,27)28)10-17(9-15)24(29,30)31;/h3-4,7-10,20H,5-6,11-13,32H2,1-2H3;1H/t20-;/m1./s1. The molecule has 0 saturated carbocycles. The van der Waals surface area contributed by atoms with Crippen LogP contribution in [0.2, 0.25) is 0 Å². The number of piperazine rings is 1. The van der Waals surface area contributed by atoms with Crippen molar-refractivity contribution < 1.29 is 45.2 Å². The van der Waals surface area contributed by atoms with Gasteiger partial charge in [-0.25, -0.2) is 9.18 Å². The van der Waals surface area contributed by atoms with Gasteiger partial charge in [-0.1, -0.05) is 6.07 Å². The second kappa shape index (κ2) is 12.4. The number of benzene rings is 2. The Morgan fingerprint density at radius 1 is 1.03 bits per heavy atom. The molecule has 0 unspecified atom stereocenters. The van der Waals surface area contributed by atoms with Crippen LogP contribution in [0.15, 0.2) is 36.4 Å². The Morgan fingerprint density at radius 3 is 2.13 bits per heavy atom. The second-order valence-electron chi connectivity index (χ2n) is 8.83. The van der Waals surface area contributed by atoms with Gasteiger partial charge in [0.05, 0.1) is 30.3 Å². The molecule has 7 nitrogen and oxygen atoms in total. The summed E-state index contributed by atoms with van der Waals surface area (Å²) >= 11 is 0. The van der Waals surface area contributed by atoms with Crippen LogP contribution in [0.1, 0.15) is 33.9 Å². The van der Waals surface area contributed by atoms with Crippen LogP contribution in [0.4, 0.5) is 35.5 Å². The van der Waals surface area contributed by atoms with Crippen molar-refractivity contribution in [2.24, 2.45) is 5.73 Å². The molecule has 0 bridgehead atoms. The SMILES string of the molecule is Cc1cc(F)ccc1[C@H]1CN(C(=O)CN)CCN1OC(=O)N(C)Cc1cc(C(F)(F)F)cc(C(F)(F)F)c1.Cl. The van der Waals surface area contributed by atoms with Gasteiger partial charge < -0.3 is 20.4 Å². The van der Waals surface area contributed by atoms with Crippen molar-refractivity contribution >= 4 is 24.4 Å². The van der Waals surface area contributed by atoms with Crippen molar-refractivity contribution in [1.29, 1.82) is 0 Å². The van der Waals surface area contributed by atoms with Crippen LogP contribution in [-0.4, -0.2) is 60.1 Å². The number of hydrogen-bond acceptors (Lipinski definition) is 5. The van der Waals surface area contributed by atoms with Gasteiger partial charge in [0.2, 0.25) is 5.91 Å². The Balaban J connectivity index is 0.00000533. The first kappa shape index (κ1) is 32.1. The molecule has 0 radical (unpaired) electrons. The normalized spacial score (nSPS) is 16.5. The van der Waals surface area contributed by atoms with Crippen molar-refractivity contribution in [1.82, 2.24) is 14.9 Å². The first-order valence-corrected chi connectivity index (χ1v) is 11.3. The highest BCUT2D eigenvalue weighted by Crippen LogP contribution is 2.36. The molecule has 0 aliphatic carbocycles. The molecular formula is C24H26ClF7N4O3. The molecule has 0 spiro atoms. The van der Waals surface area contributed by atoms with Crippen LogP contribution in [0.5, 0.6) is 0 Å². The minimum Gasteiger partial charge on any atom is -0.350 e. The van der Waals surface area contributed by atoms with Crippen molar-refractivity contribution in [2.45, 2.75) is 31.9 Å². The summed E-state index contributed by atoms with van der Waals surface area (Å²) in [6.07, 6.45) is -11.1. The molecule has 1 saturated heterocycles. The maximum atomic E-state index is 13.7. The zero-order valence-electron chi connectivity index (χ0n) is 20.8. The minimum atomic E-state index is -5.03. The highest BCUT2D eigenvalue weighted by Gasteiger charge is 2.38. The van der Waals surface area contributed by atoms with E-state index in [1.807, 2.05) is 0 Å². The summed E-state index contributed by atoms with van der Waals surface area (Å²) in [5, 5.41) is 1.24. The van der Waals surface area contributed by atoms with Crippen molar-refractivity contribution in [3.63, 3.8) is 0 Å². The van der Waals surface area contributed by atoms with E-state index in [-0.39, 0.29) is 50.6 Å². The van der Waals surface area contributed by atoms with E-state index < -0.39 is 53.5 Å². The van der Waals surface area contributed by atoms with Crippen LogP contribution in [-0.2, 0) is 28.5 Å². The maximum absolute atomic E-state index is 13.7. The van der Waals surface area contributed by atoms with E-state index in [0.717, 1.165) is 11.9 Å². The van der Waals surface area contributed by atoms with Crippen LogP contribution < -0.4 is 5.73 Å². The third-order valence-electron chi connectivity index (χ3n) is 6.02. The van der Waals surface area contributed by atoms with E-state index in [0.29, 0.717) is 23.3 Å². The Morgan fingerprint density at radius 2 is 1.62 bits per heavy atom. The van der Waals surface area contributed by atoms with Gasteiger partial charge in [0.15, 0.2) is 0 Å². The van der Waals surface area contributed by atoms with Gasteiger partial charge in [-0.2, -0.15) is 26.3 Å². The van der Waals surface area contributed by atoms with Gasteiger partial charge >= 0.3 is 18.4 Å². The molecule has 15 heteroatoms. The fourth-order valence-corrected chi connectivity index (χ4v) is 4.12. The lowest BCUT2D eigenvalue weighted by molar-refractivity contribution is -0.172. The lowest BCUT2D eigenvalue weighted by Crippen LogP contribution is -2.53. The average molecular weight is 587 g/mol. The summed E-state index contributed by atoms with van der Waals surface area (Å²) in [6.45, 7) is 0.954. The molecule has 1 atom stereocenters. The molecular weight excluding hydrogens is 561 g/mol. The van der Waals surface area contributed by atoms with Gasteiger partial charge in [0, 0.05) is 26.7 Å². The predicted molar refractivity (Wildman–Crippen MR) is 128 cm³/mol. The third kappa shape index (κ3) is 7.96. The fourth-order valence-electron chi connectivity index (χ4n) is 4.12. The van der Waals surface area contributed by atoms with Gasteiger partial charge in [0.1, 0.15) is 5.82 Å². The van der Waals surface area contributed by atoms with E-state index in [1.165, 1.54) is 28.2 Å². The summed E-state index contributed by atoms with van der Waals surface area (Å²) in [5.41, 5.74) is 3.09. The number of hydrogen-bond donors (Lipinski definition) is 1. The molecule has 2 aromatic carbocycles. The number of halogens is 8. The highest BCUT2D eigenvalue weighted by molar-refractivity contribution is 5.85. The molecule has 0 aromatic heterocycles. The average Bonchev–Trinajstić information content (AvgIpc) is 2.82. The Labute approximate surface area is 225 Å². The zero-order chi connectivity index (χ0) is 28.4. The summed E-state index contributed by atoms with van der Waals surface area (Å²) in [4.78, 5) is 32.7. The quantitative estimate of drug-likeness (QED) is 0.503. The number of nitrogens with zero attached hydrogens (tertiary/aromatic N) is 3. The number of nitrogens with two attached hydrogens (primary N) is 1. The summed E-state index contributed by atoms with van der Waals surface area (Å²) in [6, 6.07) is 4.25. The van der Waals surface area contributed by atoms with Gasteiger partial charge in [-0.3, -0.25) is 4.79 Å². The molecule has 39 heavy (non-hydrogen) atoms. The first-order chi connectivity index (χ1) is 17.6. The van der Waals surface area contributed by atoms with Crippen molar-refractivity contribution in [3.8, 4) is 0 Å². The molecule has 216 valence electrons. The Kier molecular flexibility index (Phi) is 10.2. The van der Waals surface area contributed by atoms with Gasteiger partial charge in [0.25, 0.3) is 0 Å². The van der Waals surface area contributed by atoms with Crippen LogP contribution in [0.3, 0.4) is 0 Å². The number of aryl methyl sites for hydroxylation is 1. The number of carbonyl (C=O) groups excluding carboxylic acids is 2. The van der Waals surface area contributed by atoms with E-state index >= 15 is 0 Å². The molecule has 2 amide bonds. The van der Waals surface area contributed by atoms with Gasteiger partial charge in [-0.15, -0.1) is 17.5 Å². The molecule has 1 aliphatic heterocycles. The smallest absolute Gasteiger partial charge is 0.350 e. The largest absolute Gasteiger partial charge is 0.428 e. The zero-order valence-corrected chi connectivity index (χ0v) is 21.6. The van der Waals surface area contributed by atoms with Crippen LogP contribution >= 0.6 is 12.4 Å². The molecule has 1 aliphatic rings. The minimum absolute atomic E-state index is 0. The number of hydroxylamine groups is 2. The molecule has 3 rings (SSSR count). The number of rotatable bonds is 5. The summed E-state index contributed by atoms with van der Waals surface area (Å²) in [7, 11) is 1.15. The van der Waals surface area contributed by atoms with E-state index in [2.05, 4.69) is 0 Å². The molecule has 1 fully saturated rings. The number of carbonyl (C=O) groups is 2. The van der Waals surface area contributed by atoms with Crippen molar-refractivity contribution in [2.75, 3.05) is 33.2 Å². The monoisotopic (exact) mass is 586 g/mol. The summed E-state index contributed by atoms with van der Waals surface area (Å²) < 4.78 is 92.7. The van der Waals surface area contributed by atoms with Gasteiger partial charge in [-0.05, 0) is 53.9 Å². The Bertz CT molecular complexity index is 1160.